The Labute approximate surface area is 130 Å². The summed E-state index contributed by atoms with van der Waals surface area (Å²) in [5.74, 6) is 0. The largest absolute Gasteiger partial charge is 0.311 e. The summed E-state index contributed by atoms with van der Waals surface area (Å²) in [4.78, 5) is 0. The number of hydrogen-bond acceptors (Lipinski definition) is 2. The minimum absolute atomic E-state index is 0.151. The quantitative estimate of drug-likeness (QED) is 0.864. The lowest BCUT2D eigenvalue weighted by Crippen LogP contribution is -2.31. The van der Waals surface area contributed by atoms with Crippen molar-refractivity contribution in [1.82, 2.24) is 10.6 Å². The second-order valence-electron chi connectivity index (χ2n) is 4.64. The number of nitrogens with one attached hydrogen (secondary N) is 2. The molecule has 0 saturated carbocycles. The van der Waals surface area contributed by atoms with Gasteiger partial charge in [0.15, 0.2) is 0 Å². The Balaban J connectivity index is 2.32. The second kappa shape index (κ2) is 7.09. The SMILES string of the molecule is CNC(c1ccc(Cl)cc1)[C@H](NC)c1ccc(Cl)cc1. The van der Waals surface area contributed by atoms with E-state index in [0.29, 0.717) is 0 Å². The Hall–Kier alpha value is -1.06. The Morgan fingerprint density at radius 3 is 1.20 bits per heavy atom. The highest BCUT2D eigenvalue weighted by Gasteiger charge is 2.21. The molecule has 0 saturated heterocycles. The summed E-state index contributed by atoms with van der Waals surface area (Å²) < 4.78 is 0. The van der Waals surface area contributed by atoms with Gasteiger partial charge in [0.2, 0.25) is 0 Å². The van der Waals surface area contributed by atoms with Gasteiger partial charge in [0.1, 0.15) is 0 Å². The molecule has 0 radical (unpaired) electrons. The molecule has 0 amide bonds. The molecule has 4 heteroatoms. The Morgan fingerprint density at radius 1 is 0.650 bits per heavy atom. The molecule has 0 aliphatic carbocycles. The van der Waals surface area contributed by atoms with E-state index in [9.17, 15) is 0 Å². The molecule has 2 atom stereocenters. The average molecular weight is 309 g/mol. The van der Waals surface area contributed by atoms with Gasteiger partial charge in [-0.3, -0.25) is 0 Å². The first-order valence-corrected chi connectivity index (χ1v) is 7.26. The monoisotopic (exact) mass is 308 g/mol. The predicted octanol–water partition coefficient (Wildman–Crippen LogP) is 4.21. The summed E-state index contributed by atoms with van der Waals surface area (Å²) in [6.07, 6.45) is 0. The van der Waals surface area contributed by atoms with Crippen LogP contribution in [0.1, 0.15) is 23.2 Å². The molecule has 0 fully saturated rings. The highest BCUT2D eigenvalue weighted by atomic mass is 35.5. The zero-order valence-corrected chi connectivity index (χ0v) is 13.0. The summed E-state index contributed by atoms with van der Waals surface area (Å²) in [7, 11) is 3.92. The number of hydrogen-bond donors (Lipinski definition) is 2. The molecule has 2 nitrogen and oxygen atoms in total. The maximum Gasteiger partial charge on any atom is 0.0515 e. The third-order valence-electron chi connectivity index (χ3n) is 3.41. The molecule has 0 heterocycles. The van der Waals surface area contributed by atoms with Crippen LogP contribution in [0.15, 0.2) is 48.5 Å². The third kappa shape index (κ3) is 3.53. The van der Waals surface area contributed by atoms with Crippen molar-refractivity contribution in [2.75, 3.05) is 14.1 Å². The first kappa shape index (κ1) is 15.3. The summed E-state index contributed by atoms with van der Waals surface area (Å²) in [5.41, 5.74) is 2.37. The maximum absolute atomic E-state index is 5.96. The fourth-order valence-electron chi connectivity index (χ4n) is 2.39. The smallest absolute Gasteiger partial charge is 0.0515 e. The lowest BCUT2D eigenvalue weighted by molar-refractivity contribution is 0.432. The topological polar surface area (TPSA) is 24.1 Å². The fourth-order valence-corrected chi connectivity index (χ4v) is 2.64. The van der Waals surface area contributed by atoms with Crippen LogP contribution >= 0.6 is 23.2 Å². The van der Waals surface area contributed by atoms with Gasteiger partial charge in [0.05, 0.1) is 12.1 Å². The molecule has 0 aromatic heterocycles. The van der Waals surface area contributed by atoms with E-state index in [2.05, 4.69) is 10.6 Å². The first-order chi connectivity index (χ1) is 9.65. The molecule has 0 aliphatic rings. The molecule has 106 valence electrons. The Kier molecular flexibility index (Phi) is 5.44. The zero-order valence-electron chi connectivity index (χ0n) is 11.5. The van der Waals surface area contributed by atoms with Crippen LogP contribution in [0.4, 0.5) is 0 Å². The van der Waals surface area contributed by atoms with E-state index in [0.717, 1.165) is 10.0 Å². The van der Waals surface area contributed by atoms with Crippen LogP contribution in [0, 0.1) is 0 Å². The van der Waals surface area contributed by atoms with E-state index in [1.165, 1.54) is 11.1 Å². The normalized spacial score (nSPS) is 14.0. The van der Waals surface area contributed by atoms with E-state index in [1.54, 1.807) is 0 Å². The number of likely N-dealkylation sites (N-methyl/N-ethyl adjacent to an activating group) is 2. The molecule has 0 aliphatic heterocycles. The van der Waals surface area contributed by atoms with Gasteiger partial charge in [-0.1, -0.05) is 47.5 Å². The van der Waals surface area contributed by atoms with Crippen molar-refractivity contribution in [3.05, 3.63) is 69.7 Å². The highest BCUT2D eigenvalue weighted by Crippen LogP contribution is 2.29. The van der Waals surface area contributed by atoms with E-state index in [4.69, 9.17) is 23.2 Å². The molecule has 0 spiro atoms. The lowest BCUT2D eigenvalue weighted by Gasteiger charge is -2.27. The second-order valence-corrected chi connectivity index (χ2v) is 5.51. The van der Waals surface area contributed by atoms with Gasteiger partial charge < -0.3 is 10.6 Å². The summed E-state index contributed by atoms with van der Waals surface area (Å²) in [6, 6.07) is 16.1. The molecule has 0 bridgehead atoms. The van der Waals surface area contributed by atoms with Crippen molar-refractivity contribution < 1.29 is 0 Å². The summed E-state index contributed by atoms with van der Waals surface area (Å²) in [6.45, 7) is 0. The molecule has 2 N–H and O–H groups in total. The van der Waals surface area contributed by atoms with Crippen LogP contribution in [-0.4, -0.2) is 14.1 Å². The third-order valence-corrected chi connectivity index (χ3v) is 3.92. The van der Waals surface area contributed by atoms with Crippen LogP contribution in [0.25, 0.3) is 0 Å². The van der Waals surface area contributed by atoms with Gasteiger partial charge >= 0.3 is 0 Å². The van der Waals surface area contributed by atoms with Crippen molar-refractivity contribution in [3.63, 3.8) is 0 Å². The molecule has 2 aromatic rings. The van der Waals surface area contributed by atoms with Crippen molar-refractivity contribution in [2.24, 2.45) is 0 Å². The van der Waals surface area contributed by atoms with Crippen LogP contribution < -0.4 is 10.6 Å². The van der Waals surface area contributed by atoms with Crippen LogP contribution in [0.5, 0.6) is 0 Å². The minimum Gasteiger partial charge on any atom is -0.311 e. The standard InChI is InChI=1S/C16H18Cl2N2/c1-19-15(11-3-7-13(17)8-4-11)16(20-2)12-5-9-14(18)10-6-12/h3-10,15-16,19-20H,1-2H3/t15-,16?/m1/s1. The Morgan fingerprint density at radius 2 is 0.950 bits per heavy atom. The molecule has 2 aromatic carbocycles. The summed E-state index contributed by atoms with van der Waals surface area (Å²) in [5, 5.41) is 8.22. The molecular weight excluding hydrogens is 291 g/mol. The van der Waals surface area contributed by atoms with E-state index in [-0.39, 0.29) is 12.1 Å². The molecule has 20 heavy (non-hydrogen) atoms. The van der Waals surface area contributed by atoms with Gasteiger partial charge in [-0.05, 0) is 49.5 Å². The van der Waals surface area contributed by atoms with Crippen LogP contribution in [-0.2, 0) is 0 Å². The van der Waals surface area contributed by atoms with Crippen LogP contribution in [0.2, 0.25) is 10.0 Å². The fraction of sp³-hybridized carbons (Fsp3) is 0.250. The minimum atomic E-state index is 0.151. The van der Waals surface area contributed by atoms with Gasteiger partial charge in [-0.2, -0.15) is 0 Å². The molecular formula is C16H18Cl2N2. The summed E-state index contributed by atoms with van der Waals surface area (Å²) >= 11 is 11.9. The van der Waals surface area contributed by atoms with Gasteiger partial charge in [0.25, 0.3) is 0 Å². The number of rotatable bonds is 5. The first-order valence-electron chi connectivity index (χ1n) is 6.51. The van der Waals surface area contributed by atoms with Crippen molar-refractivity contribution in [1.29, 1.82) is 0 Å². The van der Waals surface area contributed by atoms with E-state index in [1.807, 2.05) is 62.6 Å². The molecule has 1 unspecified atom stereocenters. The van der Waals surface area contributed by atoms with Gasteiger partial charge in [0, 0.05) is 10.0 Å². The number of benzene rings is 2. The Bertz CT molecular complexity index is 486. The van der Waals surface area contributed by atoms with Crippen molar-refractivity contribution in [3.8, 4) is 0 Å². The highest BCUT2D eigenvalue weighted by molar-refractivity contribution is 6.30. The zero-order chi connectivity index (χ0) is 14.5. The predicted molar refractivity (Wildman–Crippen MR) is 86.5 cm³/mol. The average Bonchev–Trinajstić information content (AvgIpc) is 2.47. The maximum atomic E-state index is 5.96. The van der Waals surface area contributed by atoms with E-state index < -0.39 is 0 Å². The lowest BCUT2D eigenvalue weighted by atomic mass is 9.93. The number of halogens is 2. The van der Waals surface area contributed by atoms with Crippen molar-refractivity contribution in [2.45, 2.75) is 12.1 Å². The van der Waals surface area contributed by atoms with E-state index >= 15 is 0 Å². The van der Waals surface area contributed by atoms with Crippen molar-refractivity contribution >= 4 is 23.2 Å². The van der Waals surface area contributed by atoms with Gasteiger partial charge in [-0.15, -0.1) is 0 Å². The molecule has 2 rings (SSSR count). The van der Waals surface area contributed by atoms with Crippen LogP contribution in [0.3, 0.4) is 0 Å². The van der Waals surface area contributed by atoms with Gasteiger partial charge in [-0.25, -0.2) is 0 Å².